The van der Waals surface area contributed by atoms with E-state index in [9.17, 15) is 18.0 Å². The lowest BCUT2D eigenvalue weighted by Gasteiger charge is -2.33. The molecule has 2 atom stereocenters. The van der Waals surface area contributed by atoms with Crippen molar-refractivity contribution in [2.24, 2.45) is 0 Å². The van der Waals surface area contributed by atoms with Crippen molar-refractivity contribution in [3.05, 3.63) is 16.4 Å². The third kappa shape index (κ3) is 5.36. The van der Waals surface area contributed by atoms with E-state index in [0.717, 1.165) is 4.68 Å². The second kappa shape index (κ2) is 8.61. The summed E-state index contributed by atoms with van der Waals surface area (Å²) in [5.74, 6) is -0.402. The zero-order valence-electron chi connectivity index (χ0n) is 16.3. The summed E-state index contributed by atoms with van der Waals surface area (Å²) >= 11 is 5.75. The highest BCUT2D eigenvalue weighted by Crippen LogP contribution is 2.36. The van der Waals surface area contributed by atoms with Crippen LogP contribution in [0.5, 0.6) is 0 Å². The van der Waals surface area contributed by atoms with Crippen molar-refractivity contribution in [1.29, 1.82) is 0 Å². The molecule has 0 fully saturated rings. The van der Waals surface area contributed by atoms with Gasteiger partial charge in [-0.15, -0.1) is 0 Å². The Morgan fingerprint density at radius 3 is 2.08 bits per heavy atom. The first-order valence-corrected chi connectivity index (χ1v) is 9.03. The van der Waals surface area contributed by atoms with Crippen molar-refractivity contribution < 1.29 is 18.0 Å². The van der Waals surface area contributed by atoms with Crippen LogP contribution >= 0.6 is 11.6 Å². The van der Waals surface area contributed by atoms with Gasteiger partial charge in [-0.25, -0.2) is 0 Å². The van der Waals surface area contributed by atoms with E-state index in [1.54, 1.807) is 0 Å². The number of aromatic nitrogens is 2. The average Bonchev–Trinajstić information content (AvgIpc) is 2.79. The molecular formula is C17H28ClF3N4O. The highest BCUT2D eigenvalue weighted by molar-refractivity contribution is 6.32. The molecule has 0 spiro atoms. The predicted octanol–water partition coefficient (Wildman–Crippen LogP) is 4.05. The maximum Gasteiger partial charge on any atom is 0.436 e. The molecule has 0 unspecified atom stereocenters. The minimum Gasteiger partial charge on any atom is -0.351 e. The molecule has 0 aliphatic heterocycles. The van der Waals surface area contributed by atoms with Crippen LogP contribution in [-0.2, 0) is 11.0 Å². The van der Waals surface area contributed by atoms with Gasteiger partial charge in [0.2, 0.25) is 5.91 Å². The molecule has 1 aromatic rings. The van der Waals surface area contributed by atoms with Gasteiger partial charge in [-0.3, -0.25) is 14.4 Å². The molecule has 9 heteroatoms. The molecular weight excluding hydrogens is 369 g/mol. The summed E-state index contributed by atoms with van der Waals surface area (Å²) in [5, 5.41) is 5.89. The lowest BCUT2D eigenvalue weighted by Crippen LogP contribution is -2.48. The minimum absolute atomic E-state index is 0.111. The highest BCUT2D eigenvalue weighted by atomic mass is 35.5. The molecule has 150 valence electrons. The van der Waals surface area contributed by atoms with Crippen LogP contribution in [0.25, 0.3) is 0 Å². The summed E-state index contributed by atoms with van der Waals surface area (Å²) < 4.78 is 39.9. The number of carbonyl (C=O) groups excluding carboxylic acids is 1. The Labute approximate surface area is 157 Å². The average molecular weight is 397 g/mol. The summed E-state index contributed by atoms with van der Waals surface area (Å²) in [5.41, 5.74) is -1.06. The molecule has 1 heterocycles. The Balaban J connectivity index is 2.88. The second-order valence-electron chi connectivity index (χ2n) is 7.16. The number of rotatable bonds is 7. The van der Waals surface area contributed by atoms with Crippen LogP contribution in [0, 0.1) is 6.92 Å². The van der Waals surface area contributed by atoms with Crippen molar-refractivity contribution in [1.82, 2.24) is 20.0 Å². The lowest BCUT2D eigenvalue weighted by molar-refractivity contribution is -0.141. The molecule has 1 amide bonds. The molecule has 1 aromatic heterocycles. The van der Waals surface area contributed by atoms with E-state index in [-0.39, 0.29) is 11.7 Å². The molecule has 0 bridgehead atoms. The fraction of sp³-hybridized carbons (Fsp3) is 0.765. The molecule has 0 radical (unpaired) electrons. The summed E-state index contributed by atoms with van der Waals surface area (Å²) in [6.07, 6.45) is -4.66. The van der Waals surface area contributed by atoms with E-state index in [0.29, 0.717) is 18.6 Å². The van der Waals surface area contributed by atoms with Crippen LogP contribution in [0.2, 0.25) is 5.02 Å². The van der Waals surface area contributed by atoms with Gasteiger partial charge < -0.3 is 5.32 Å². The number of carbonyl (C=O) groups is 1. The van der Waals surface area contributed by atoms with E-state index in [4.69, 9.17) is 11.6 Å². The van der Waals surface area contributed by atoms with Gasteiger partial charge in [0.15, 0.2) is 5.69 Å². The largest absolute Gasteiger partial charge is 0.436 e. The van der Waals surface area contributed by atoms with Crippen molar-refractivity contribution >= 4 is 17.5 Å². The first-order valence-electron chi connectivity index (χ1n) is 8.65. The Hall–Kier alpha value is -1.28. The van der Waals surface area contributed by atoms with Gasteiger partial charge >= 0.3 is 6.18 Å². The van der Waals surface area contributed by atoms with Crippen molar-refractivity contribution in [3.8, 4) is 0 Å². The number of amides is 1. The maximum atomic E-state index is 12.9. The van der Waals surface area contributed by atoms with Gasteiger partial charge in [-0.2, -0.15) is 18.3 Å². The van der Waals surface area contributed by atoms with E-state index in [1.807, 2.05) is 6.92 Å². The van der Waals surface area contributed by atoms with E-state index < -0.39 is 28.8 Å². The van der Waals surface area contributed by atoms with Crippen LogP contribution in [0.1, 0.15) is 59.0 Å². The molecule has 0 aliphatic carbocycles. The molecule has 0 saturated carbocycles. The molecule has 5 nitrogen and oxygen atoms in total. The number of halogens is 4. The van der Waals surface area contributed by atoms with E-state index >= 15 is 0 Å². The molecule has 0 aliphatic rings. The van der Waals surface area contributed by atoms with Gasteiger partial charge in [-0.05, 0) is 48.5 Å². The third-order valence-corrected chi connectivity index (χ3v) is 4.74. The normalized spacial score (nSPS) is 15.0. The quantitative estimate of drug-likeness (QED) is 0.756. The molecule has 26 heavy (non-hydrogen) atoms. The number of nitrogens with one attached hydrogen (secondary N) is 1. The smallest absolute Gasteiger partial charge is 0.351 e. The van der Waals surface area contributed by atoms with Crippen LogP contribution in [0.15, 0.2) is 0 Å². The molecule has 0 aromatic carbocycles. The van der Waals surface area contributed by atoms with Gasteiger partial charge in [0.1, 0.15) is 6.04 Å². The summed E-state index contributed by atoms with van der Waals surface area (Å²) in [6.45, 7) is 13.7. The second-order valence-corrected chi connectivity index (χ2v) is 7.54. The zero-order valence-corrected chi connectivity index (χ0v) is 17.0. The molecule has 1 N–H and O–H groups in total. The van der Waals surface area contributed by atoms with Gasteiger partial charge in [0, 0.05) is 24.7 Å². The Bertz CT molecular complexity index is 620. The van der Waals surface area contributed by atoms with Gasteiger partial charge in [0.05, 0.1) is 10.7 Å². The highest BCUT2D eigenvalue weighted by Gasteiger charge is 2.39. The van der Waals surface area contributed by atoms with Crippen LogP contribution < -0.4 is 5.32 Å². The number of nitrogens with zero attached hydrogens (tertiary/aromatic N) is 3. The first-order chi connectivity index (χ1) is 11.8. The Kier molecular flexibility index (Phi) is 7.53. The lowest BCUT2D eigenvalue weighted by atomic mass is 10.2. The topological polar surface area (TPSA) is 50.2 Å². The standard InChI is InChI=1S/C17H28ClF3N4O/c1-9(2)24(10(3)4)8-11(5)22-16(26)13(7)25-12(6)14(18)15(23-25)17(19,20)21/h9-11,13H,8H2,1-7H3,(H,22,26)/t11-,13-/m0/s1. The van der Waals surface area contributed by atoms with Gasteiger partial charge in [-0.1, -0.05) is 11.6 Å². The first kappa shape index (κ1) is 22.8. The van der Waals surface area contributed by atoms with Crippen LogP contribution in [-0.4, -0.2) is 45.3 Å². The van der Waals surface area contributed by atoms with Crippen LogP contribution in [0.4, 0.5) is 13.2 Å². The van der Waals surface area contributed by atoms with Crippen LogP contribution in [0.3, 0.4) is 0 Å². The fourth-order valence-electron chi connectivity index (χ4n) is 2.91. The number of hydrogen-bond donors (Lipinski definition) is 1. The number of hydrogen-bond acceptors (Lipinski definition) is 3. The van der Waals surface area contributed by atoms with Gasteiger partial charge in [0.25, 0.3) is 0 Å². The monoisotopic (exact) mass is 396 g/mol. The summed E-state index contributed by atoms with van der Waals surface area (Å²) in [7, 11) is 0. The summed E-state index contributed by atoms with van der Waals surface area (Å²) in [4.78, 5) is 14.7. The van der Waals surface area contributed by atoms with Crippen molar-refractivity contribution in [2.75, 3.05) is 6.54 Å². The van der Waals surface area contributed by atoms with E-state index in [2.05, 4.69) is 43.0 Å². The fourth-order valence-corrected chi connectivity index (χ4v) is 3.14. The number of alkyl halides is 3. The molecule has 0 saturated heterocycles. The SMILES string of the molecule is Cc1c(Cl)c(C(F)(F)F)nn1[C@@H](C)C(=O)N[C@@H](C)CN(C(C)C)C(C)C. The Morgan fingerprint density at radius 2 is 1.69 bits per heavy atom. The zero-order chi connectivity index (χ0) is 20.4. The summed E-state index contributed by atoms with van der Waals surface area (Å²) in [6, 6.07) is -0.442. The predicted molar refractivity (Wildman–Crippen MR) is 96.3 cm³/mol. The molecule has 1 rings (SSSR count). The minimum atomic E-state index is -4.66. The van der Waals surface area contributed by atoms with Crippen molar-refractivity contribution in [2.45, 2.75) is 78.8 Å². The maximum absolute atomic E-state index is 12.9. The van der Waals surface area contributed by atoms with E-state index in [1.165, 1.54) is 13.8 Å². The Morgan fingerprint density at radius 1 is 1.19 bits per heavy atom. The van der Waals surface area contributed by atoms with Crippen molar-refractivity contribution in [3.63, 3.8) is 0 Å². The third-order valence-electron chi connectivity index (χ3n) is 4.29.